The first-order valence-electron chi connectivity index (χ1n) is 7.25. The minimum atomic E-state index is -4.45. The number of hydrogen-bond acceptors (Lipinski definition) is 3. The minimum absolute atomic E-state index is 0.0101. The second-order valence-electron chi connectivity index (χ2n) is 5.41. The molecule has 2 rings (SSSR count). The van der Waals surface area contributed by atoms with Crippen molar-refractivity contribution in [2.75, 3.05) is 26.2 Å². The summed E-state index contributed by atoms with van der Waals surface area (Å²) in [7, 11) is 0. The van der Waals surface area contributed by atoms with Crippen LogP contribution < -0.4 is 10.6 Å². The number of halogens is 3. The summed E-state index contributed by atoms with van der Waals surface area (Å²) in [6.45, 7) is 3.39. The van der Waals surface area contributed by atoms with Crippen molar-refractivity contribution in [2.24, 2.45) is 0 Å². The molecule has 1 heterocycles. The van der Waals surface area contributed by atoms with Crippen molar-refractivity contribution >= 4 is 5.91 Å². The van der Waals surface area contributed by atoms with Crippen LogP contribution in [0.2, 0.25) is 0 Å². The molecular formula is C15H20F3N3O. The maximum Gasteiger partial charge on any atom is 0.407 e. The topological polar surface area (TPSA) is 44.4 Å². The van der Waals surface area contributed by atoms with Crippen molar-refractivity contribution in [3.63, 3.8) is 0 Å². The minimum Gasteiger partial charge on any atom is -0.336 e. The van der Waals surface area contributed by atoms with Crippen molar-refractivity contribution in [2.45, 2.75) is 25.2 Å². The van der Waals surface area contributed by atoms with Gasteiger partial charge in [-0.05, 0) is 12.5 Å². The standard InChI is InChI=1S/C15H20F3N3O/c1-11-9-19-7-8-21(11)13(22)10-20-14(15(16,17)18)12-5-3-2-4-6-12/h2-6,11,14,19-20H,7-10H2,1H3/t11-,14?/m0/s1. The van der Waals surface area contributed by atoms with Gasteiger partial charge in [0.25, 0.3) is 0 Å². The van der Waals surface area contributed by atoms with E-state index in [1.54, 1.807) is 23.1 Å². The lowest BCUT2D eigenvalue weighted by atomic mass is 10.1. The molecule has 0 radical (unpaired) electrons. The fraction of sp³-hybridized carbons (Fsp3) is 0.533. The summed E-state index contributed by atoms with van der Waals surface area (Å²) in [5.41, 5.74) is 0.108. The summed E-state index contributed by atoms with van der Waals surface area (Å²) in [4.78, 5) is 13.8. The van der Waals surface area contributed by atoms with E-state index >= 15 is 0 Å². The van der Waals surface area contributed by atoms with Crippen LogP contribution in [0.5, 0.6) is 0 Å². The lowest BCUT2D eigenvalue weighted by molar-refractivity contribution is -0.159. The van der Waals surface area contributed by atoms with Gasteiger partial charge in [-0.3, -0.25) is 10.1 Å². The van der Waals surface area contributed by atoms with Crippen LogP contribution in [-0.2, 0) is 4.79 Å². The molecule has 0 bridgehead atoms. The van der Waals surface area contributed by atoms with Crippen LogP contribution in [0.1, 0.15) is 18.5 Å². The highest BCUT2D eigenvalue weighted by atomic mass is 19.4. The van der Waals surface area contributed by atoms with E-state index in [2.05, 4.69) is 10.6 Å². The molecule has 1 aliphatic heterocycles. The molecule has 0 aromatic heterocycles. The highest BCUT2D eigenvalue weighted by molar-refractivity contribution is 5.78. The Hall–Kier alpha value is -1.60. The van der Waals surface area contributed by atoms with Gasteiger partial charge < -0.3 is 10.2 Å². The van der Waals surface area contributed by atoms with Crippen LogP contribution in [0.3, 0.4) is 0 Å². The first-order chi connectivity index (χ1) is 10.4. The third kappa shape index (κ3) is 4.20. The molecule has 122 valence electrons. The molecule has 2 atom stereocenters. The van der Waals surface area contributed by atoms with Gasteiger partial charge >= 0.3 is 6.18 Å². The number of nitrogens with one attached hydrogen (secondary N) is 2. The average Bonchev–Trinajstić information content (AvgIpc) is 2.47. The molecular weight excluding hydrogens is 295 g/mol. The van der Waals surface area contributed by atoms with Crippen LogP contribution in [-0.4, -0.2) is 49.2 Å². The Labute approximate surface area is 127 Å². The Bertz CT molecular complexity index is 493. The quantitative estimate of drug-likeness (QED) is 0.889. The molecule has 0 spiro atoms. The predicted octanol–water partition coefficient (Wildman–Crippen LogP) is 1.70. The summed E-state index contributed by atoms with van der Waals surface area (Å²) in [5, 5.41) is 5.50. The fourth-order valence-electron chi connectivity index (χ4n) is 2.57. The fourth-order valence-corrected chi connectivity index (χ4v) is 2.57. The summed E-state index contributed by atoms with van der Waals surface area (Å²) in [6.07, 6.45) is -4.45. The number of nitrogens with zero attached hydrogens (tertiary/aromatic N) is 1. The zero-order valence-corrected chi connectivity index (χ0v) is 12.4. The maximum atomic E-state index is 13.2. The van der Waals surface area contributed by atoms with Crippen molar-refractivity contribution < 1.29 is 18.0 Å². The van der Waals surface area contributed by atoms with Crippen molar-refractivity contribution in [3.05, 3.63) is 35.9 Å². The number of alkyl halides is 3. The normalized spacial score (nSPS) is 20.7. The third-order valence-corrected chi connectivity index (χ3v) is 3.74. The van der Waals surface area contributed by atoms with Crippen LogP contribution in [0.4, 0.5) is 13.2 Å². The Morgan fingerprint density at radius 3 is 2.68 bits per heavy atom. The number of hydrogen-bond donors (Lipinski definition) is 2. The Balaban J connectivity index is 2.01. The molecule has 0 aliphatic carbocycles. The van der Waals surface area contributed by atoms with Gasteiger partial charge in [-0.25, -0.2) is 0 Å². The Morgan fingerprint density at radius 2 is 2.09 bits per heavy atom. The van der Waals surface area contributed by atoms with E-state index in [1.165, 1.54) is 12.1 Å². The molecule has 1 aliphatic rings. The molecule has 1 saturated heterocycles. The molecule has 4 nitrogen and oxygen atoms in total. The average molecular weight is 315 g/mol. The highest BCUT2D eigenvalue weighted by Crippen LogP contribution is 2.32. The summed E-state index contributed by atoms with van der Waals surface area (Å²) >= 11 is 0. The number of piperazine rings is 1. The van der Waals surface area contributed by atoms with Crippen LogP contribution in [0.25, 0.3) is 0 Å². The van der Waals surface area contributed by atoms with Gasteiger partial charge in [0.15, 0.2) is 0 Å². The van der Waals surface area contributed by atoms with Crippen molar-refractivity contribution in [3.8, 4) is 0 Å². The van der Waals surface area contributed by atoms with Crippen LogP contribution in [0.15, 0.2) is 30.3 Å². The second kappa shape index (κ2) is 7.11. The van der Waals surface area contributed by atoms with E-state index in [4.69, 9.17) is 0 Å². The Kier molecular flexibility index (Phi) is 5.42. The summed E-state index contributed by atoms with van der Waals surface area (Å²) in [5.74, 6) is -0.306. The SMILES string of the molecule is C[C@H]1CNCCN1C(=O)CNC(c1ccccc1)C(F)(F)F. The molecule has 7 heteroatoms. The van der Waals surface area contributed by atoms with E-state index in [0.717, 1.165) is 0 Å². The lowest BCUT2D eigenvalue weighted by Crippen LogP contribution is -2.54. The van der Waals surface area contributed by atoms with Gasteiger partial charge in [-0.1, -0.05) is 30.3 Å². The first-order valence-corrected chi connectivity index (χ1v) is 7.25. The summed E-state index contributed by atoms with van der Waals surface area (Å²) in [6, 6.07) is 5.72. The van der Waals surface area contributed by atoms with E-state index in [1.807, 2.05) is 6.92 Å². The number of carbonyl (C=O) groups excluding carboxylic acids is 1. The van der Waals surface area contributed by atoms with Gasteiger partial charge in [0.05, 0.1) is 6.54 Å². The van der Waals surface area contributed by atoms with Crippen molar-refractivity contribution in [1.29, 1.82) is 0 Å². The predicted molar refractivity (Wildman–Crippen MR) is 77.3 cm³/mol. The van der Waals surface area contributed by atoms with E-state index in [0.29, 0.717) is 19.6 Å². The monoisotopic (exact) mass is 315 g/mol. The van der Waals surface area contributed by atoms with E-state index in [-0.39, 0.29) is 24.1 Å². The maximum absolute atomic E-state index is 13.2. The molecule has 1 unspecified atom stereocenters. The van der Waals surface area contributed by atoms with Gasteiger partial charge in [-0.2, -0.15) is 13.2 Å². The number of amides is 1. The van der Waals surface area contributed by atoms with Gasteiger partial charge in [0.2, 0.25) is 5.91 Å². The molecule has 2 N–H and O–H groups in total. The second-order valence-corrected chi connectivity index (χ2v) is 5.41. The molecule has 22 heavy (non-hydrogen) atoms. The number of rotatable bonds is 4. The zero-order chi connectivity index (χ0) is 16.2. The van der Waals surface area contributed by atoms with E-state index < -0.39 is 12.2 Å². The highest BCUT2D eigenvalue weighted by Gasteiger charge is 2.41. The molecule has 1 aromatic carbocycles. The van der Waals surface area contributed by atoms with Gasteiger partial charge in [0, 0.05) is 25.7 Å². The Morgan fingerprint density at radius 1 is 1.41 bits per heavy atom. The van der Waals surface area contributed by atoms with Crippen molar-refractivity contribution in [1.82, 2.24) is 15.5 Å². The molecule has 1 fully saturated rings. The number of carbonyl (C=O) groups is 1. The zero-order valence-electron chi connectivity index (χ0n) is 12.4. The van der Waals surface area contributed by atoms with Gasteiger partial charge in [0.1, 0.15) is 6.04 Å². The van der Waals surface area contributed by atoms with E-state index in [9.17, 15) is 18.0 Å². The van der Waals surface area contributed by atoms with Gasteiger partial charge in [-0.15, -0.1) is 0 Å². The molecule has 1 amide bonds. The molecule has 1 aromatic rings. The lowest BCUT2D eigenvalue weighted by Gasteiger charge is -2.34. The number of benzene rings is 1. The first kappa shape index (κ1) is 16.8. The van der Waals surface area contributed by atoms with Crippen LogP contribution >= 0.6 is 0 Å². The summed E-state index contributed by atoms with van der Waals surface area (Å²) < 4.78 is 39.5. The smallest absolute Gasteiger partial charge is 0.336 e. The molecule has 0 saturated carbocycles. The largest absolute Gasteiger partial charge is 0.407 e. The van der Waals surface area contributed by atoms with Crippen LogP contribution in [0, 0.1) is 0 Å². The third-order valence-electron chi connectivity index (χ3n) is 3.74.